The Morgan fingerprint density at radius 3 is 2.62 bits per heavy atom. The van der Waals surface area contributed by atoms with Gasteiger partial charge in [-0.3, -0.25) is 14.7 Å². The lowest BCUT2D eigenvalue weighted by atomic mass is 10.0. The van der Waals surface area contributed by atoms with Gasteiger partial charge < -0.3 is 9.30 Å². The first kappa shape index (κ1) is 18.5. The van der Waals surface area contributed by atoms with Gasteiger partial charge in [-0.05, 0) is 37.3 Å². The predicted molar refractivity (Wildman–Crippen MR) is 112 cm³/mol. The second-order valence-electron chi connectivity index (χ2n) is 8.30. The number of carbonyl (C=O) groups is 1. The van der Waals surface area contributed by atoms with Crippen molar-refractivity contribution < 1.29 is 9.53 Å². The van der Waals surface area contributed by atoms with E-state index >= 15 is 0 Å². The van der Waals surface area contributed by atoms with Crippen LogP contribution in [0.1, 0.15) is 24.4 Å². The molecule has 6 nitrogen and oxygen atoms in total. The topological polar surface area (TPSA) is 60.3 Å². The molecule has 4 heterocycles. The summed E-state index contributed by atoms with van der Waals surface area (Å²) in [6.07, 6.45) is 6.43. The molecule has 0 spiro atoms. The maximum atomic E-state index is 12.7. The van der Waals surface area contributed by atoms with Crippen LogP contribution in [0.5, 0.6) is 0 Å². The molecule has 2 atom stereocenters. The number of imidazole rings is 1. The molecular weight excluding hydrogens is 364 g/mol. The SMILES string of the molecule is Cc1ncc(-c2ccc3cnc(CC(=O)CN4C5CCC4COC5)cc3c2)n1C. The molecule has 0 amide bonds. The van der Waals surface area contributed by atoms with Gasteiger partial charge in [0.1, 0.15) is 5.82 Å². The third-order valence-electron chi connectivity index (χ3n) is 6.42. The third-order valence-corrected chi connectivity index (χ3v) is 6.42. The largest absolute Gasteiger partial charge is 0.378 e. The molecule has 0 aliphatic carbocycles. The average molecular weight is 390 g/mol. The van der Waals surface area contributed by atoms with Gasteiger partial charge in [0.05, 0.1) is 38.1 Å². The monoisotopic (exact) mass is 390 g/mol. The molecule has 2 bridgehead atoms. The molecule has 150 valence electrons. The molecule has 0 saturated carbocycles. The number of rotatable bonds is 5. The second-order valence-corrected chi connectivity index (χ2v) is 8.30. The predicted octanol–water partition coefficient (Wildman–Crippen LogP) is 2.92. The van der Waals surface area contributed by atoms with Gasteiger partial charge in [0.25, 0.3) is 0 Å². The highest BCUT2D eigenvalue weighted by molar-refractivity contribution is 5.88. The van der Waals surface area contributed by atoms with Crippen LogP contribution in [0.2, 0.25) is 0 Å². The summed E-state index contributed by atoms with van der Waals surface area (Å²) in [5.41, 5.74) is 3.04. The lowest BCUT2D eigenvalue weighted by Gasteiger charge is -2.33. The van der Waals surface area contributed by atoms with Gasteiger partial charge in [0.2, 0.25) is 0 Å². The first-order valence-electron chi connectivity index (χ1n) is 10.3. The van der Waals surface area contributed by atoms with Crippen LogP contribution in [0.3, 0.4) is 0 Å². The number of hydrogen-bond acceptors (Lipinski definition) is 5. The van der Waals surface area contributed by atoms with E-state index in [1.54, 1.807) is 0 Å². The molecule has 2 unspecified atom stereocenters. The number of benzene rings is 1. The molecule has 0 N–H and O–H groups in total. The molecule has 0 radical (unpaired) electrons. The fourth-order valence-corrected chi connectivity index (χ4v) is 4.65. The van der Waals surface area contributed by atoms with Gasteiger partial charge in [-0.15, -0.1) is 0 Å². The Labute approximate surface area is 170 Å². The van der Waals surface area contributed by atoms with Crippen molar-refractivity contribution in [2.45, 2.75) is 38.3 Å². The van der Waals surface area contributed by atoms with Crippen molar-refractivity contribution in [2.75, 3.05) is 19.8 Å². The van der Waals surface area contributed by atoms with Gasteiger partial charge in [-0.25, -0.2) is 4.98 Å². The summed E-state index contributed by atoms with van der Waals surface area (Å²) < 4.78 is 7.71. The van der Waals surface area contributed by atoms with Crippen LogP contribution in [0.4, 0.5) is 0 Å². The summed E-state index contributed by atoms with van der Waals surface area (Å²) in [6.45, 7) is 4.02. The molecule has 2 aliphatic rings. The van der Waals surface area contributed by atoms with Crippen molar-refractivity contribution in [1.82, 2.24) is 19.4 Å². The summed E-state index contributed by atoms with van der Waals surface area (Å²) in [6, 6.07) is 9.20. The van der Waals surface area contributed by atoms with Gasteiger partial charge in [0.15, 0.2) is 5.78 Å². The van der Waals surface area contributed by atoms with Gasteiger partial charge in [0, 0.05) is 42.0 Å². The number of pyridine rings is 1. The Morgan fingerprint density at radius 1 is 1.10 bits per heavy atom. The summed E-state index contributed by atoms with van der Waals surface area (Å²) in [4.78, 5) is 24.0. The van der Waals surface area contributed by atoms with Crippen molar-refractivity contribution in [3.05, 3.63) is 48.2 Å². The van der Waals surface area contributed by atoms with Crippen LogP contribution in [0.25, 0.3) is 22.0 Å². The Morgan fingerprint density at radius 2 is 1.90 bits per heavy atom. The van der Waals surface area contributed by atoms with Crippen LogP contribution in [0, 0.1) is 6.92 Å². The van der Waals surface area contributed by atoms with Crippen molar-refractivity contribution >= 4 is 16.6 Å². The normalized spacial score (nSPS) is 21.7. The Balaban J connectivity index is 1.35. The van der Waals surface area contributed by atoms with E-state index in [0.29, 0.717) is 25.0 Å². The lowest BCUT2D eigenvalue weighted by Crippen LogP contribution is -2.48. The Hall–Kier alpha value is -2.57. The number of ketones is 1. The number of fused-ring (bicyclic) bond motifs is 3. The highest BCUT2D eigenvalue weighted by atomic mass is 16.5. The minimum absolute atomic E-state index is 0.231. The van der Waals surface area contributed by atoms with Crippen molar-refractivity contribution in [2.24, 2.45) is 7.05 Å². The number of aromatic nitrogens is 3. The van der Waals surface area contributed by atoms with E-state index in [2.05, 4.69) is 37.6 Å². The molecule has 1 aromatic carbocycles. The van der Waals surface area contributed by atoms with Crippen LogP contribution in [-0.2, 0) is 23.0 Å². The zero-order valence-electron chi connectivity index (χ0n) is 17.0. The zero-order chi connectivity index (χ0) is 20.0. The third kappa shape index (κ3) is 3.47. The number of ether oxygens (including phenoxy) is 1. The van der Waals surface area contributed by atoms with E-state index < -0.39 is 0 Å². The van der Waals surface area contributed by atoms with Crippen molar-refractivity contribution in [3.8, 4) is 11.3 Å². The lowest BCUT2D eigenvalue weighted by molar-refractivity contribution is -0.122. The van der Waals surface area contributed by atoms with Gasteiger partial charge >= 0.3 is 0 Å². The average Bonchev–Trinajstić information content (AvgIpc) is 3.14. The van der Waals surface area contributed by atoms with E-state index in [4.69, 9.17) is 4.74 Å². The molecule has 2 saturated heterocycles. The van der Waals surface area contributed by atoms with E-state index in [-0.39, 0.29) is 5.78 Å². The van der Waals surface area contributed by atoms with Gasteiger partial charge in [-0.2, -0.15) is 0 Å². The number of morpholine rings is 1. The highest BCUT2D eigenvalue weighted by Gasteiger charge is 2.37. The van der Waals surface area contributed by atoms with Crippen molar-refractivity contribution in [1.29, 1.82) is 0 Å². The molecule has 2 fully saturated rings. The van der Waals surface area contributed by atoms with Crippen LogP contribution < -0.4 is 0 Å². The molecule has 2 aliphatic heterocycles. The zero-order valence-corrected chi connectivity index (χ0v) is 17.0. The molecule has 2 aromatic heterocycles. The fraction of sp³-hybridized carbons (Fsp3) is 0.435. The number of Topliss-reactive ketones (excluding diaryl/α,β-unsaturated/α-hetero) is 1. The number of hydrogen-bond donors (Lipinski definition) is 0. The molecular formula is C23H26N4O2. The summed E-state index contributed by atoms with van der Waals surface area (Å²) in [5, 5.41) is 2.18. The fourth-order valence-electron chi connectivity index (χ4n) is 4.65. The molecule has 6 heteroatoms. The smallest absolute Gasteiger partial charge is 0.152 e. The van der Waals surface area contributed by atoms with E-state index in [9.17, 15) is 4.79 Å². The summed E-state index contributed by atoms with van der Waals surface area (Å²) >= 11 is 0. The maximum Gasteiger partial charge on any atom is 0.152 e. The van der Waals surface area contributed by atoms with Gasteiger partial charge in [-0.1, -0.05) is 12.1 Å². The molecule has 3 aromatic rings. The number of nitrogens with zero attached hydrogens (tertiary/aromatic N) is 4. The Bertz CT molecular complexity index is 1060. The molecule has 29 heavy (non-hydrogen) atoms. The van der Waals surface area contributed by atoms with Crippen LogP contribution >= 0.6 is 0 Å². The minimum atomic E-state index is 0.231. The maximum absolute atomic E-state index is 12.7. The van der Waals surface area contributed by atoms with E-state index in [1.807, 2.05) is 32.4 Å². The summed E-state index contributed by atoms with van der Waals surface area (Å²) in [7, 11) is 2.03. The highest BCUT2D eigenvalue weighted by Crippen LogP contribution is 2.29. The van der Waals surface area contributed by atoms with Crippen LogP contribution in [0.15, 0.2) is 36.7 Å². The van der Waals surface area contributed by atoms with Crippen molar-refractivity contribution in [3.63, 3.8) is 0 Å². The standard InChI is InChI=1S/C23H26N4O2/c1-15-24-11-23(26(15)2)16-3-4-17-10-25-19(8-18(17)7-16)9-22(28)12-27-20-5-6-21(27)14-29-13-20/h3-4,7-8,10-11,20-21H,5-6,9,12-14H2,1-2H3. The molecule has 5 rings (SSSR count). The summed E-state index contributed by atoms with van der Waals surface area (Å²) in [5.74, 6) is 1.22. The minimum Gasteiger partial charge on any atom is -0.378 e. The van der Waals surface area contributed by atoms with E-state index in [1.165, 1.54) is 0 Å². The van der Waals surface area contributed by atoms with E-state index in [0.717, 1.165) is 59.6 Å². The first-order chi connectivity index (χ1) is 14.1. The Kier molecular flexibility index (Phi) is 4.68. The first-order valence-corrected chi connectivity index (χ1v) is 10.3. The number of carbonyl (C=O) groups excluding carboxylic acids is 1. The quantitative estimate of drug-likeness (QED) is 0.670. The second kappa shape index (κ2) is 7.35. The number of aryl methyl sites for hydroxylation is 1. The van der Waals surface area contributed by atoms with Crippen LogP contribution in [-0.4, -0.2) is 57.1 Å².